The van der Waals surface area contributed by atoms with Gasteiger partial charge in [-0.25, -0.2) is 0 Å². The lowest BCUT2D eigenvalue weighted by Gasteiger charge is -2.27. The van der Waals surface area contributed by atoms with Gasteiger partial charge in [-0.15, -0.1) is 10.2 Å². The lowest BCUT2D eigenvalue weighted by molar-refractivity contribution is -0.113. The number of nitrogens with one attached hydrogen (secondary N) is 1. The van der Waals surface area contributed by atoms with Crippen LogP contribution in [0.5, 0.6) is 0 Å². The summed E-state index contributed by atoms with van der Waals surface area (Å²) in [6.45, 7) is 7.09. The van der Waals surface area contributed by atoms with Gasteiger partial charge in [0.2, 0.25) is 11.9 Å². The quantitative estimate of drug-likeness (QED) is 0.505. The van der Waals surface area contributed by atoms with E-state index in [1.165, 1.54) is 6.42 Å². The Labute approximate surface area is 203 Å². The topological polar surface area (TPSA) is 170 Å². The van der Waals surface area contributed by atoms with E-state index >= 15 is 0 Å². The van der Waals surface area contributed by atoms with Crippen molar-refractivity contribution in [3.05, 3.63) is 48.2 Å². The average molecular weight is 483 g/mol. The third kappa shape index (κ3) is 7.21. The normalized spacial score (nSPS) is 15.4. The van der Waals surface area contributed by atoms with Gasteiger partial charge in [0, 0.05) is 37.4 Å². The first-order valence-corrected chi connectivity index (χ1v) is 11.3. The highest BCUT2D eigenvalue weighted by Crippen LogP contribution is 2.22. The lowest BCUT2D eigenvalue weighted by atomic mass is 10.1. The van der Waals surface area contributed by atoms with E-state index in [1.807, 2.05) is 0 Å². The first kappa shape index (κ1) is 25.6. The number of amides is 3. The number of nitrogens with zero attached hydrogens (tertiary/aromatic N) is 5. The Hall–Kier alpha value is -4.06. The third-order valence-corrected chi connectivity index (χ3v) is 5.44. The summed E-state index contributed by atoms with van der Waals surface area (Å²) in [5.74, 6) is -0.489. The summed E-state index contributed by atoms with van der Waals surface area (Å²) in [7, 11) is 0. The number of hydrogen-bond donors (Lipinski definition) is 3. The Morgan fingerprint density at radius 1 is 0.971 bits per heavy atom. The Kier molecular flexibility index (Phi) is 9.07. The summed E-state index contributed by atoms with van der Waals surface area (Å²) in [5, 5.41) is 11.2. The Morgan fingerprint density at radius 3 is 2.17 bits per heavy atom. The molecule has 12 heteroatoms. The number of anilines is 3. The van der Waals surface area contributed by atoms with E-state index in [1.54, 1.807) is 29.2 Å². The number of benzene rings is 1. The van der Waals surface area contributed by atoms with Crippen molar-refractivity contribution in [2.24, 2.45) is 11.5 Å². The minimum atomic E-state index is -0.707. The van der Waals surface area contributed by atoms with Crippen LogP contribution in [-0.4, -0.2) is 77.2 Å². The Balaban J connectivity index is 0.000000623. The molecule has 35 heavy (non-hydrogen) atoms. The summed E-state index contributed by atoms with van der Waals surface area (Å²) in [6.07, 6.45) is 4.38. The van der Waals surface area contributed by atoms with Gasteiger partial charge in [-0.1, -0.05) is 6.58 Å². The second-order valence-corrected chi connectivity index (χ2v) is 7.93. The molecular weight excluding hydrogens is 452 g/mol. The predicted molar refractivity (Wildman–Crippen MR) is 130 cm³/mol. The Morgan fingerprint density at radius 2 is 1.60 bits per heavy atom. The van der Waals surface area contributed by atoms with Gasteiger partial charge in [0.05, 0.1) is 13.2 Å². The van der Waals surface area contributed by atoms with Crippen molar-refractivity contribution >= 4 is 35.2 Å². The number of ether oxygens (including phenoxy) is 1. The molecule has 1 aromatic carbocycles. The molecule has 2 aliphatic rings. The highest BCUT2D eigenvalue weighted by atomic mass is 16.5. The van der Waals surface area contributed by atoms with Crippen molar-refractivity contribution in [2.75, 3.05) is 49.6 Å². The molecule has 0 aliphatic carbocycles. The van der Waals surface area contributed by atoms with Gasteiger partial charge in [0.15, 0.2) is 11.5 Å². The molecule has 0 unspecified atom stereocenters. The van der Waals surface area contributed by atoms with Gasteiger partial charge < -0.3 is 31.3 Å². The summed E-state index contributed by atoms with van der Waals surface area (Å²) in [5.41, 5.74) is 11.2. The molecule has 3 amide bonds. The zero-order valence-corrected chi connectivity index (χ0v) is 19.5. The summed E-state index contributed by atoms with van der Waals surface area (Å²) in [4.78, 5) is 42.2. The zero-order valence-electron chi connectivity index (χ0n) is 19.5. The van der Waals surface area contributed by atoms with Crippen molar-refractivity contribution in [1.29, 1.82) is 0 Å². The lowest BCUT2D eigenvalue weighted by Crippen LogP contribution is -2.40. The van der Waals surface area contributed by atoms with E-state index in [9.17, 15) is 14.4 Å². The van der Waals surface area contributed by atoms with Crippen LogP contribution in [-0.2, 0) is 9.53 Å². The molecule has 4 rings (SSSR count). The van der Waals surface area contributed by atoms with E-state index < -0.39 is 11.8 Å². The fourth-order valence-electron chi connectivity index (χ4n) is 3.58. The molecule has 5 N–H and O–H groups in total. The van der Waals surface area contributed by atoms with Gasteiger partial charge in [-0.2, -0.15) is 4.98 Å². The fraction of sp³-hybridized carbons (Fsp3) is 0.391. The molecule has 2 saturated heterocycles. The van der Waals surface area contributed by atoms with E-state index in [0.717, 1.165) is 32.0 Å². The molecule has 2 aromatic rings. The van der Waals surface area contributed by atoms with Crippen molar-refractivity contribution in [3.8, 4) is 0 Å². The smallest absolute Gasteiger partial charge is 0.273 e. The van der Waals surface area contributed by atoms with Gasteiger partial charge in [0.25, 0.3) is 11.8 Å². The van der Waals surface area contributed by atoms with Crippen LogP contribution in [0.3, 0.4) is 0 Å². The molecule has 12 nitrogen and oxygen atoms in total. The number of hydrogen-bond acceptors (Lipinski definition) is 9. The minimum absolute atomic E-state index is 0.0239. The highest BCUT2D eigenvalue weighted by Gasteiger charge is 2.21. The van der Waals surface area contributed by atoms with Crippen LogP contribution >= 0.6 is 0 Å². The van der Waals surface area contributed by atoms with Crippen LogP contribution in [0.15, 0.2) is 36.9 Å². The molecule has 0 radical (unpaired) electrons. The third-order valence-electron chi connectivity index (χ3n) is 5.44. The molecule has 1 aromatic heterocycles. The molecule has 186 valence electrons. The second-order valence-electron chi connectivity index (χ2n) is 7.93. The van der Waals surface area contributed by atoms with Crippen molar-refractivity contribution in [2.45, 2.75) is 19.3 Å². The first-order chi connectivity index (χ1) is 16.9. The van der Waals surface area contributed by atoms with Crippen LogP contribution in [0.4, 0.5) is 17.5 Å². The Bertz CT molecular complexity index is 1050. The van der Waals surface area contributed by atoms with Crippen molar-refractivity contribution in [3.63, 3.8) is 0 Å². The number of aromatic nitrogens is 3. The van der Waals surface area contributed by atoms with Crippen LogP contribution in [0.2, 0.25) is 0 Å². The van der Waals surface area contributed by atoms with E-state index in [0.29, 0.717) is 43.5 Å². The van der Waals surface area contributed by atoms with Gasteiger partial charge in [-0.3, -0.25) is 14.4 Å². The number of morpholine rings is 1. The van der Waals surface area contributed by atoms with Crippen LogP contribution < -0.4 is 21.7 Å². The number of carbonyl (C=O) groups is 3. The molecule has 2 fully saturated rings. The van der Waals surface area contributed by atoms with Crippen LogP contribution in [0.25, 0.3) is 0 Å². The van der Waals surface area contributed by atoms with Crippen molar-refractivity contribution < 1.29 is 19.1 Å². The average Bonchev–Trinajstić information content (AvgIpc) is 2.90. The van der Waals surface area contributed by atoms with Gasteiger partial charge in [-0.05, 0) is 49.6 Å². The summed E-state index contributed by atoms with van der Waals surface area (Å²) >= 11 is 0. The fourth-order valence-corrected chi connectivity index (χ4v) is 3.58. The highest BCUT2D eigenvalue weighted by molar-refractivity contribution is 5.97. The second kappa shape index (κ2) is 12.4. The van der Waals surface area contributed by atoms with Gasteiger partial charge in [0.1, 0.15) is 0 Å². The van der Waals surface area contributed by atoms with E-state index in [4.69, 9.17) is 10.5 Å². The molecule has 0 bridgehead atoms. The molecule has 0 spiro atoms. The standard InChI is InChI=1S/C20H25N7O3.C3H5NO/c21-17(28)16-18(23-20(25-24-16)27-8-2-1-3-9-27)22-15-6-4-14(5-7-15)19(29)26-10-12-30-13-11-26;1-2-3(4)5/h4-7H,1-3,8-13H2,(H2,21,28)(H,22,23,25);2H,1H2,(H2,4,5). The predicted octanol–water partition coefficient (Wildman–Crippen LogP) is 0.834. The summed E-state index contributed by atoms with van der Waals surface area (Å²) in [6, 6.07) is 7.01. The number of piperidine rings is 1. The minimum Gasteiger partial charge on any atom is -0.378 e. The maximum Gasteiger partial charge on any atom is 0.273 e. The molecule has 0 saturated carbocycles. The molecular formula is C23H30N8O4. The molecule has 2 aliphatic heterocycles. The molecule has 3 heterocycles. The van der Waals surface area contributed by atoms with Gasteiger partial charge >= 0.3 is 0 Å². The van der Waals surface area contributed by atoms with E-state index in [-0.39, 0.29) is 17.4 Å². The van der Waals surface area contributed by atoms with E-state index in [2.05, 4.69) is 37.7 Å². The van der Waals surface area contributed by atoms with Crippen LogP contribution in [0.1, 0.15) is 40.1 Å². The number of nitrogens with two attached hydrogens (primary N) is 2. The number of primary amides is 2. The monoisotopic (exact) mass is 482 g/mol. The maximum atomic E-state index is 12.6. The maximum absolute atomic E-state index is 12.6. The van der Waals surface area contributed by atoms with Crippen LogP contribution in [0, 0.1) is 0 Å². The molecule has 0 atom stereocenters. The van der Waals surface area contributed by atoms with Crippen molar-refractivity contribution in [1.82, 2.24) is 20.1 Å². The number of carbonyl (C=O) groups excluding carboxylic acids is 3. The SMILES string of the molecule is C=CC(N)=O.NC(=O)c1nnc(N2CCCCC2)nc1Nc1ccc(C(=O)N2CCOCC2)cc1. The zero-order chi connectivity index (χ0) is 25.2. The summed E-state index contributed by atoms with van der Waals surface area (Å²) < 4.78 is 5.29. The first-order valence-electron chi connectivity index (χ1n) is 11.3. The number of rotatable bonds is 6. The largest absolute Gasteiger partial charge is 0.378 e.